The number of amides is 1. The molecule has 0 saturated heterocycles. The Kier molecular flexibility index (Phi) is 6.02. The molecule has 1 aliphatic carbocycles. The van der Waals surface area contributed by atoms with Gasteiger partial charge in [-0.15, -0.1) is 0 Å². The lowest BCUT2D eigenvalue weighted by molar-refractivity contribution is -0.136. The monoisotopic (exact) mass is 444 g/mol. The first-order chi connectivity index (χ1) is 15.3. The highest BCUT2D eigenvalue weighted by Crippen LogP contribution is 2.36. The molecule has 0 unspecified atom stereocenters. The molecule has 10 heteroatoms. The summed E-state index contributed by atoms with van der Waals surface area (Å²) >= 11 is 0. The largest absolute Gasteiger partial charge is 0.478 e. The van der Waals surface area contributed by atoms with Crippen LogP contribution in [0.5, 0.6) is 5.88 Å². The molecule has 2 heterocycles. The zero-order valence-electron chi connectivity index (χ0n) is 16.9. The Balaban J connectivity index is 1.35. The van der Waals surface area contributed by atoms with E-state index in [0.29, 0.717) is 0 Å². The first kappa shape index (κ1) is 21.7. The summed E-state index contributed by atoms with van der Waals surface area (Å²) in [6, 6.07) is 8.26. The standard InChI is InChI=1S/C22H19F3N4O3/c23-22(24,25)15-12-19(27-16-5-2-1-4-14(15)16)32-11-3-6-18(30)17-9-10-26-21(28-17)29-20(31)13-7-8-13/h1-2,4-5,9-10,12-13H,3,6-8,11H2,(H,26,28,29,31). The summed E-state index contributed by atoms with van der Waals surface area (Å²) in [5.74, 6) is -0.555. The van der Waals surface area contributed by atoms with Crippen molar-refractivity contribution >= 4 is 28.5 Å². The van der Waals surface area contributed by atoms with Crippen LogP contribution in [-0.2, 0) is 11.0 Å². The second-order valence-electron chi connectivity index (χ2n) is 7.43. The van der Waals surface area contributed by atoms with Crippen molar-refractivity contribution < 1.29 is 27.5 Å². The van der Waals surface area contributed by atoms with Gasteiger partial charge in [0.05, 0.1) is 17.7 Å². The number of pyridine rings is 1. The molecule has 0 spiro atoms. The zero-order chi connectivity index (χ0) is 22.7. The Bertz CT molecular complexity index is 1160. The van der Waals surface area contributed by atoms with Gasteiger partial charge in [-0.3, -0.25) is 14.9 Å². The van der Waals surface area contributed by atoms with E-state index in [1.54, 1.807) is 6.07 Å². The van der Waals surface area contributed by atoms with Crippen LogP contribution in [0.4, 0.5) is 19.1 Å². The number of nitrogens with zero attached hydrogens (tertiary/aromatic N) is 3. The number of ketones is 1. The summed E-state index contributed by atoms with van der Waals surface area (Å²) in [7, 11) is 0. The number of nitrogens with one attached hydrogen (secondary N) is 1. The Labute approximate surface area is 181 Å². The van der Waals surface area contributed by atoms with Crippen molar-refractivity contribution in [3.63, 3.8) is 0 Å². The highest BCUT2D eigenvalue weighted by atomic mass is 19.4. The predicted molar refractivity (Wildman–Crippen MR) is 109 cm³/mol. The Morgan fingerprint density at radius 1 is 1.12 bits per heavy atom. The summed E-state index contributed by atoms with van der Waals surface area (Å²) in [6.45, 7) is 0.00470. The van der Waals surface area contributed by atoms with E-state index in [0.717, 1.165) is 18.9 Å². The van der Waals surface area contributed by atoms with Crippen molar-refractivity contribution in [3.05, 3.63) is 53.9 Å². The van der Waals surface area contributed by atoms with E-state index in [1.165, 1.54) is 30.5 Å². The summed E-state index contributed by atoms with van der Waals surface area (Å²) in [4.78, 5) is 36.3. The molecular weight excluding hydrogens is 425 g/mol. The normalized spacial score (nSPS) is 13.7. The van der Waals surface area contributed by atoms with Crippen LogP contribution in [0.15, 0.2) is 42.6 Å². The van der Waals surface area contributed by atoms with Gasteiger partial charge in [0.1, 0.15) is 5.69 Å². The molecule has 1 saturated carbocycles. The molecule has 2 aromatic heterocycles. The van der Waals surface area contributed by atoms with E-state index in [-0.39, 0.29) is 65.5 Å². The SMILES string of the molecule is O=C(CCCOc1cc(C(F)(F)F)c2ccccc2n1)c1ccnc(NC(=O)C2CC2)n1. The average molecular weight is 444 g/mol. The van der Waals surface area contributed by atoms with Crippen LogP contribution in [0.25, 0.3) is 10.9 Å². The first-order valence-corrected chi connectivity index (χ1v) is 10.1. The third-order valence-electron chi connectivity index (χ3n) is 4.92. The number of alkyl halides is 3. The van der Waals surface area contributed by atoms with Gasteiger partial charge in [-0.25, -0.2) is 15.0 Å². The van der Waals surface area contributed by atoms with Crippen molar-refractivity contribution in [2.24, 2.45) is 5.92 Å². The third-order valence-corrected chi connectivity index (χ3v) is 4.92. The lowest BCUT2D eigenvalue weighted by Gasteiger charge is -2.13. The summed E-state index contributed by atoms with van der Waals surface area (Å²) in [6.07, 6.45) is -1.18. The topological polar surface area (TPSA) is 94.1 Å². The lowest BCUT2D eigenvalue weighted by atomic mass is 10.1. The number of halogens is 3. The first-order valence-electron chi connectivity index (χ1n) is 10.1. The van der Waals surface area contributed by atoms with Crippen LogP contribution in [-0.4, -0.2) is 33.2 Å². The smallest absolute Gasteiger partial charge is 0.417 e. The Morgan fingerprint density at radius 2 is 1.91 bits per heavy atom. The van der Waals surface area contributed by atoms with Gasteiger partial charge < -0.3 is 4.74 Å². The molecule has 4 rings (SSSR count). The van der Waals surface area contributed by atoms with Crippen LogP contribution < -0.4 is 10.1 Å². The van der Waals surface area contributed by atoms with Crippen molar-refractivity contribution in [2.45, 2.75) is 31.9 Å². The molecular formula is C22H19F3N4O3. The molecule has 3 aromatic rings. The van der Waals surface area contributed by atoms with Gasteiger partial charge in [-0.1, -0.05) is 18.2 Å². The quantitative estimate of drug-likeness (QED) is 0.408. The van der Waals surface area contributed by atoms with Crippen LogP contribution in [0.2, 0.25) is 0 Å². The highest BCUT2D eigenvalue weighted by molar-refractivity contribution is 5.96. The second-order valence-corrected chi connectivity index (χ2v) is 7.43. The maximum absolute atomic E-state index is 13.4. The molecule has 1 amide bonds. The number of carbonyl (C=O) groups is 2. The van der Waals surface area contributed by atoms with Crippen LogP contribution >= 0.6 is 0 Å². The Hall–Kier alpha value is -3.56. The molecule has 32 heavy (non-hydrogen) atoms. The molecule has 0 radical (unpaired) electrons. The number of Topliss-reactive ketones (excluding diaryl/α,β-unsaturated/α-hetero) is 1. The highest BCUT2D eigenvalue weighted by Gasteiger charge is 2.33. The van der Waals surface area contributed by atoms with Crippen molar-refractivity contribution in [1.82, 2.24) is 15.0 Å². The average Bonchev–Trinajstić information content (AvgIpc) is 3.61. The van der Waals surface area contributed by atoms with Gasteiger partial charge in [0, 0.05) is 30.0 Å². The van der Waals surface area contributed by atoms with Gasteiger partial charge in [-0.05, 0) is 31.4 Å². The fraction of sp³-hybridized carbons (Fsp3) is 0.318. The minimum Gasteiger partial charge on any atom is -0.478 e. The molecule has 7 nitrogen and oxygen atoms in total. The number of hydrogen-bond acceptors (Lipinski definition) is 6. The molecule has 1 fully saturated rings. The van der Waals surface area contributed by atoms with E-state index in [9.17, 15) is 22.8 Å². The number of benzene rings is 1. The molecule has 1 aromatic carbocycles. The van der Waals surface area contributed by atoms with Crippen LogP contribution in [0.1, 0.15) is 41.7 Å². The van der Waals surface area contributed by atoms with Crippen molar-refractivity contribution in [2.75, 3.05) is 11.9 Å². The summed E-state index contributed by atoms with van der Waals surface area (Å²) in [5.41, 5.74) is -0.500. The molecule has 166 valence electrons. The third kappa shape index (κ3) is 5.19. The number of hydrogen-bond donors (Lipinski definition) is 1. The second kappa shape index (κ2) is 8.89. The zero-order valence-corrected chi connectivity index (χ0v) is 16.9. The predicted octanol–water partition coefficient (Wildman–Crippen LogP) is 4.43. The molecule has 1 N–H and O–H groups in total. The van der Waals surface area contributed by atoms with Crippen LogP contribution in [0.3, 0.4) is 0 Å². The molecule has 0 atom stereocenters. The number of aromatic nitrogens is 3. The van der Waals surface area contributed by atoms with E-state index in [2.05, 4.69) is 20.3 Å². The Morgan fingerprint density at radius 3 is 2.66 bits per heavy atom. The van der Waals surface area contributed by atoms with Gasteiger partial charge in [0.2, 0.25) is 17.7 Å². The van der Waals surface area contributed by atoms with E-state index in [1.807, 2.05) is 0 Å². The molecule has 0 aliphatic heterocycles. The minimum absolute atomic E-state index is 0.00382. The van der Waals surface area contributed by atoms with Gasteiger partial charge in [-0.2, -0.15) is 13.2 Å². The van der Waals surface area contributed by atoms with E-state index in [4.69, 9.17) is 4.74 Å². The van der Waals surface area contributed by atoms with Crippen LogP contribution in [0, 0.1) is 5.92 Å². The van der Waals surface area contributed by atoms with E-state index < -0.39 is 11.7 Å². The fourth-order valence-corrected chi connectivity index (χ4v) is 3.13. The molecule has 1 aliphatic rings. The number of ether oxygens (including phenoxy) is 1. The van der Waals surface area contributed by atoms with Crippen molar-refractivity contribution in [1.29, 1.82) is 0 Å². The number of anilines is 1. The number of fused-ring (bicyclic) bond motifs is 1. The number of carbonyl (C=O) groups excluding carboxylic acids is 2. The van der Waals surface area contributed by atoms with Gasteiger partial charge in [0.15, 0.2) is 5.78 Å². The number of rotatable bonds is 8. The van der Waals surface area contributed by atoms with Gasteiger partial charge >= 0.3 is 6.18 Å². The number of para-hydroxylation sites is 1. The lowest BCUT2D eigenvalue weighted by Crippen LogP contribution is -2.16. The summed E-state index contributed by atoms with van der Waals surface area (Å²) < 4.78 is 45.5. The fourth-order valence-electron chi connectivity index (χ4n) is 3.13. The maximum Gasteiger partial charge on any atom is 0.417 e. The van der Waals surface area contributed by atoms with Gasteiger partial charge in [0.25, 0.3) is 0 Å². The van der Waals surface area contributed by atoms with E-state index >= 15 is 0 Å². The minimum atomic E-state index is -4.55. The molecule has 0 bridgehead atoms. The maximum atomic E-state index is 13.4. The summed E-state index contributed by atoms with van der Waals surface area (Å²) in [5, 5.41) is 2.58. The van der Waals surface area contributed by atoms with Crippen molar-refractivity contribution in [3.8, 4) is 5.88 Å².